The van der Waals surface area contributed by atoms with Gasteiger partial charge in [0.2, 0.25) is 5.91 Å². The molecule has 0 heterocycles. The van der Waals surface area contributed by atoms with Crippen LogP contribution in [-0.4, -0.2) is 11.8 Å². The monoisotopic (exact) mass is 347 g/mol. The lowest BCUT2D eigenvalue weighted by atomic mass is 10.1. The van der Waals surface area contributed by atoms with Gasteiger partial charge in [-0.15, -0.1) is 0 Å². The number of nitrogens with zero attached hydrogens (tertiary/aromatic N) is 1. The summed E-state index contributed by atoms with van der Waals surface area (Å²) in [4.78, 5) is 23.4. The molecule has 128 valence electrons. The lowest BCUT2D eigenvalue weighted by Gasteiger charge is -2.13. The van der Waals surface area contributed by atoms with Crippen molar-refractivity contribution in [2.24, 2.45) is 0 Å². The molecule has 2 aromatic rings. The highest BCUT2D eigenvalue weighted by atomic mass is 19.4. The fourth-order valence-electron chi connectivity index (χ4n) is 2.04. The van der Waals surface area contributed by atoms with Crippen LogP contribution < -0.4 is 10.6 Å². The molecule has 2 N–H and O–H groups in total. The number of rotatable bonds is 4. The van der Waals surface area contributed by atoms with E-state index in [2.05, 4.69) is 10.6 Å². The number of halogens is 3. The number of carbonyl (C=O) groups is 2. The maximum Gasteiger partial charge on any atom is 0.417 e. The van der Waals surface area contributed by atoms with Crippen molar-refractivity contribution in [1.82, 2.24) is 0 Å². The van der Waals surface area contributed by atoms with Crippen LogP contribution in [0.1, 0.15) is 22.3 Å². The molecule has 0 aromatic heterocycles. The highest BCUT2D eigenvalue weighted by molar-refractivity contribution is 6.05. The van der Waals surface area contributed by atoms with Crippen LogP contribution in [0.4, 0.5) is 24.5 Å². The Balaban J connectivity index is 2.12. The van der Waals surface area contributed by atoms with Gasteiger partial charge < -0.3 is 10.6 Å². The van der Waals surface area contributed by atoms with Crippen LogP contribution in [-0.2, 0) is 11.0 Å². The van der Waals surface area contributed by atoms with Crippen LogP contribution in [0.25, 0.3) is 0 Å². The first kappa shape index (κ1) is 18.0. The summed E-state index contributed by atoms with van der Waals surface area (Å²) in [6.45, 7) is 0. The quantitative estimate of drug-likeness (QED) is 0.882. The lowest BCUT2D eigenvalue weighted by Crippen LogP contribution is -2.18. The van der Waals surface area contributed by atoms with Crippen LogP contribution in [0.15, 0.2) is 48.5 Å². The fourth-order valence-corrected chi connectivity index (χ4v) is 2.04. The van der Waals surface area contributed by atoms with Crippen LogP contribution in [0.2, 0.25) is 0 Å². The molecule has 0 aliphatic heterocycles. The summed E-state index contributed by atoms with van der Waals surface area (Å²) in [7, 11) is 0. The van der Waals surface area contributed by atoms with Gasteiger partial charge in [-0.25, -0.2) is 0 Å². The minimum Gasteiger partial charge on any atom is -0.325 e. The zero-order chi connectivity index (χ0) is 18.4. The first-order chi connectivity index (χ1) is 11.8. The average molecular weight is 347 g/mol. The number of hydrogen-bond acceptors (Lipinski definition) is 3. The first-order valence-electron chi connectivity index (χ1n) is 7.05. The number of nitriles is 1. The van der Waals surface area contributed by atoms with Gasteiger partial charge in [-0.05, 0) is 36.4 Å². The van der Waals surface area contributed by atoms with E-state index < -0.39 is 29.1 Å². The molecule has 0 aliphatic rings. The lowest BCUT2D eigenvalue weighted by molar-refractivity contribution is -0.137. The third-order valence-electron chi connectivity index (χ3n) is 3.14. The van der Waals surface area contributed by atoms with Crippen LogP contribution in [0, 0.1) is 11.3 Å². The molecule has 0 unspecified atom stereocenters. The van der Waals surface area contributed by atoms with Gasteiger partial charge in [-0.1, -0.05) is 12.1 Å². The van der Waals surface area contributed by atoms with Crippen molar-refractivity contribution in [2.45, 2.75) is 12.6 Å². The molecular weight excluding hydrogens is 335 g/mol. The van der Waals surface area contributed by atoms with Crippen LogP contribution in [0.3, 0.4) is 0 Å². The number of alkyl halides is 3. The number of carbonyl (C=O) groups excluding carboxylic acids is 2. The largest absolute Gasteiger partial charge is 0.417 e. The molecule has 2 amide bonds. The smallest absolute Gasteiger partial charge is 0.325 e. The number of hydrogen-bond donors (Lipinski definition) is 2. The second-order valence-corrected chi connectivity index (χ2v) is 4.96. The summed E-state index contributed by atoms with van der Waals surface area (Å²) in [5.74, 6) is -1.38. The summed E-state index contributed by atoms with van der Waals surface area (Å²) >= 11 is 0. The van der Waals surface area contributed by atoms with Crippen molar-refractivity contribution in [3.63, 3.8) is 0 Å². The molecular formula is C17H12F3N3O2. The van der Waals surface area contributed by atoms with Gasteiger partial charge in [-0.3, -0.25) is 9.59 Å². The van der Waals surface area contributed by atoms with Crippen molar-refractivity contribution < 1.29 is 22.8 Å². The normalized spacial score (nSPS) is 10.6. The Hall–Kier alpha value is -3.34. The van der Waals surface area contributed by atoms with Crippen molar-refractivity contribution >= 4 is 23.2 Å². The van der Waals surface area contributed by atoms with E-state index in [1.165, 1.54) is 36.4 Å². The summed E-state index contributed by atoms with van der Waals surface area (Å²) < 4.78 is 38.8. The molecule has 0 spiro atoms. The zero-order valence-electron chi connectivity index (χ0n) is 12.7. The Morgan fingerprint density at radius 3 is 2.08 bits per heavy atom. The molecule has 0 aliphatic carbocycles. The van der Waals surface area contributed by atoms with Gasteiger partial charge in [0.05, 0.1) is 17.2 Å². The maximum atomic E-state index is 12.9. The van der Waals surface area contributed by atoms with E-state index in [-0.39, 0.29) is 12.1 Å². The topological polar surface area (TPSA) is 82.0 Å². The second kappa shape index (κ2) is 7.49. The Morgan fingerprint density at radius 2 is 1.52 bits per heavy atom. The minimum absolute atomic E-state index is 0.264. The number of anilines is 2. The number of amides is 2. The van der Waals surface area contributed by atoms with Crippen molar-refractivity contribution in [3.05, 3.63) is 59.7 Å². The van der Waals surface area contributed by atoms with E-state index in [1.54, 1.807) is 6.07 Å². The van der Waals surface area contributed by atoms with Crippen LogP contribution in [0.5, 0.6) is 0 Å². The highest BCUT2D eigenvalue weighted by Crippen LogP contribution is 2.32. The Bertz CT molecular complexity index is 824. The molecule has 0 bridgehead atoms. The fraction of sp³-hybridized carbons (Fsp3) is 0.118. The molecule has 2 aromatic carbocycles. The standard InChI is InChI=1S/C17H12F3N3O2/c18-17(19,20)14-4-2-1-3-13(14)16(25)23-12-7-5-11(6-8-12)22-15(24)9-10-21/h1-8H,9H2,(H,22,24)(H,23,25). The van der Waals surface area contributed by atoms with E-state index >= 15 is 0 Å². The van der Waals surface area contributed by atoms with Crippen molar-refractivity contribution in [1.29, 1.82) is 5.26 Å². The minimum atomic E-state index is -4.64. The second-order valence-electron chi connectivity index (χ2n) is 4.96. The van der Waals surface area contributed by atoms with E-state index in [1.807, 2.05) is 0 Å². The van der Waals surface area contributed by atoms with Gasteiger partial charge in [0.25, 0.3) is 5.91 Å². The summed E-state index contributed by atoms with van der Waals surface area (Å²) in [6, 6.07) is 12.0. The van der Waals surface area contributed by atoms with Crippen LogP contribution >= 0.6 is 0 Å². The van der Waals surface area contributed by atoms with Gasteiger partial charge in [0.15, 0.2) is 0 Å². The Labute approximate surface area is 141 Å². The maximum absolute atomic E-state index is 12.9. The van der Waals surface area contributed by atoms with Gasteiger partial charge in [0.1, 0.15) is 6.42 Å². The predicted octanol–water partition coefficient (Wildman–Crippen LogP) is 3.81. The Morgan fingerprint density at radius 1 is 0.960 bits per heavy atom. The van der Waals surface area contributed by atoms with Crippen molar-refractivity contribution in [3.8, 4) is 6.07 Å². The third-order valence-corrected chi connectivity index (χ3v) is 3.14. The van der Waals surface area contributed by atoms with Gasteiger partial charge in [-0.2, -0.15) is 18.4 Å². The molecule has 25 heavy (non-hydrogen) atoms. The third kappa shape index (κ3) is 4.81. The molecule has 8 heteroatoms. The summed E-state index contributed by atoms with van der Waals surface area (Å²) in [6.07, 6.45) is -4.93. The molecule has 2 rings (SSSR count). The molecule has 0 atom stereocenters. The summed E-state index contributed by atoms with van der Waals surface area (Å²) in [5, 5.41) is 13.2. The highest BCUT2D eigenvalue weighted by Gasteiger charge is 2.34. The van der Waals surface area contributed by atoms with E-state index in [0.29, 0.717) is 5.69 Å². The van der Waals surface area contributed by atoms with E-state index in [0.717, 1.165) is 12.1 Å². The SMILES string of the molecule is N#CCC(=O)Nc1ccc(NC(=O)c2ccccc2C(F)(F)F)cc1. The molecule has 0 fully saturated rings. The number of nitrogens with one attached hydrogen (secondary N) is 2. The van der Waals surface area contributed by atoms with Crippen molar-refractivity contribution in [2.75, 3.05) is 10.6 Å². The predicted molar refractivity (Wildman–Crippen MR) is 84.7 cm³/mol. The van der Waals surface area contributed by atoms with Gasteiger partial charge in [0, 0.05) is 11.4 Å². The molecule has 0 radical (unpaired) electrons. The van der Waals surface area contributed by atoms with E-state index in [9.17, 15) is 22.8 Å². The average Bonchev–Trinajstić information content (AvgIpc) is 2.56. The molecule has 0 saturated heterocycles. The summed E-state index contributed by atoms with van der Waals surface area (Å²) in [5.41, 5.74) is -0.844. The molecule has 5 nitrogen and oxygen atoms in total. The first-order valence-corrected chi connectivity index (χ1v) is 7.05. The van der Waals surface area contributed by atoms with E-state index in [4.69, 9.17) is 5.26 Å². The van der Waals surface area contributed by atoms with Gasteiger partial charge >= 0.3 is 6.18 Å². The zero-order valence-corrected chi connectivity index (χ0v) is 12.7. The Kier molecular flexibility index (Phi) is 5.39. The molecule has 0 saturated carbocycles. The number of benzene rings is 2.